The number of benzene rings is 2. The van der Waals surface area contributed by atoms with Gasteiger partial charge in [0.15, 0.2) is 0 Å². The maximum absolute atomic E-state index is 12.4. The zero-order valence-electron chi connectivity index (χ0n) is 13.2. The molecule has 0 bridgehead atoms. The minimum Gasteiger partial charge on any atom is -0.321 e. The third-order valence-electron chi connectivity index (χ3n) is 2.96. The molecule has 2 aromatic rings. The van der Waals surface area contributed by atoms with Crippen LogP contribution in [0.5, 0.6) is 0 Å². The number of carbonyl (C=O) groups excluding carboxylic acids is 1. The van der Waals surface area contributed by atoms with E-state index in [-0.39, 0.29) is 16.6 Å². The molecule has 0 aliphatic heterocycles. The Morgan fingerprint density at radius 3 is 2.50 bits per heavy atom. The lowest BCUT2D eigenvalue weighted by atomic mass is 10.2. The number of halogens is 1. The molecular formula is C16H17ClN2O3S2. The van der Waals surface area contributed by atoms with Crippen LogP contribution in [0.4, 0.5) is 11.4 Å². The Labute approximate surface area is 150 Å². The summed E-state index contributed by atoms with van der Waals surface area (Å²) in [5.41, 5.74) is 1.30. The predicted octanol–water partition coefficient (Wildman–Crippen LogP) is 4.08. The van der Waals surface area contributed by atoms with Gasteiger partial charge in [-0.1, -0.05) is 30.7 Å². The number of nitrogens with one attached hydrogen (secondary N) is 2. The van der Waals surface area contributed by atoms with Crippen LogP contribution in [-0.2, 0) is 10.0 Å². The summed E-state index contributed by atoms with van der Waals surface area (Å²) in [6.45, 7) is 2.04. The van der Waals surface area contributed by atoms with Gasteiger partial charge in [0.2, 0.25) is 10.0 Å². The zero-order chi connectivity index (χ0) is 17.7. The molecule has 0 aliphatic carbocycles. The largest absolute Gasteiger partial charge is 0.321 e. The summed E-state index contributed by atoms with van der Waals surface area (Å²) in [5, 5.41) is 3.01. The van der Waals surface area contributed by atoms with Crippen LogP contribution in [0.15, 0.2) is 47.4 Å². The quantitative estimate of drug-likeness (QED) is 0.736. The Hall–Kier alpha value is -1.70. The second-order valence-corrected chi connectivity index (χ2v) is 8.41. The highest BCUT2D eigenvalue weighted by atomic mass is 35.5. The molecule has 2 aromatic carbocycles. The first-order valence-corrected chi connectivity index (χ1v) is 10.4. The average molecular weight is 385 g/mol. The average Bonchev–Trinajstić information content (AvgIpc) is 2.50. The summed E-state index contributed by atoms with van der Waals surface area (Å²) < 4.78 is 24.8. The number of thioether (sulfide) groups is 1. The molecule has 0 saturated carbocycles. The van der Waals surface area contributed by atoms with Crippen LogP contribution in [-0.4, -0.2) is 26.3 Å². The Morgan fingerprint density at radius 2 is 1.88 bits per heavy atom. The third kappa shape index (κ3) is 5.15. The van der Waals surface area contributed by atoms with Crippen molar-refractivity contribution < 1.29 is 13.2 Å². The molecule has 5 nitrogen and oxygen atoms in total. The summed E-state index contributed by atoms with van der Waals surface area (Å²) >= 11 is 7.69. The number of hydrogen-bond acceptors (Lipinski definition) is 4. The fraction of sp³-hybridized carbons (Fsp3) is 0.188. The number of para-hydroxylation sites is 1. The lowest BCUT2D eigenvalue weighted by Crippen LogP contribution is -2.14. The molecule has 0 fully saturated rings. The molecule has 0 spiro atoms. The number of sulfonamides is 1. The van der Waals surface area contributed by atoms with Crippen molar-refractivity contribution >= 4 is 50.7 Å². The van der Waals surface area contributed by atoms with Crippen LogP contribution in [0.3, 0.4) is 0 Å². The van der Waals surface area contributed by atoms with Gasteiger partial charge in [-0.2, -0.15) is 0 Å². The van der Waals surface area contributed by atoms with Crippen molar-refractivity contribution in [2.45, 2.75) is 11.8 Å². The Morgan fingerprint density at radius 1 is 1.17 bits per heavy atom. The van der Waals surface area contributed by atoms with Crippen LogP contribution in [0.25, 0.3) is 0 Å². The third-order valence-corrected chi connectivity index (χ3v) is 4.82. The van der Waals surface area contributed by atoms with Crippen LogP contribution in [0.2, 0.25) is 5.02 Å². The molecule has 0 radical (unpaired) electrons. The molecular weight excluding hydrogens is 368 g/mol. The molecule has 0 atom stereocenters. The van der Waals surface area contributed by atoms with E-state index in [0.29, 0.717) is 5.56 Å². The number of hydrogen-bond donors (Lipinski definition) is 2. The molecule has 0 aliphatic rings. The second kappa shape index (κ2) is 7.92. The smallest absolute Gasteiger partial charge is 0.255 e. The maximum Gasteiger partial charge on any atom is 0.255 e. The first-order chi connectivity index (χ1) is 11.3. The summed E-state index contributed by atoms with van der Waals surface area (Å²) in [4.78, 5) is 13.4. The molecule has 2 N–H and O–H groups in total. The van der Waals surface area contributed by atoms with Gasteiger partial charge in [-0.3, -0.25) is 9.52 Å². The first-order valence-electron chi connectivity index (χ1n) is 7.10. The molecule has 1 amide bonds. The molecule has 24 heavy (non-hydrogen) atoms. The van der Waals surface area contributed by atoms with E-state index in [1.165, 1.54) is 18.2 Å². The van der Waals surface area contributed by atoms with E-state index in [1.807, 2.05) is 31.2 Å². The van der Waals surface area contributed by atoms with Gasteiger partial charge >= 0.3 is 0 Å². The lowest BCUT2D eigenvalue weighted by Gasteiger charge is -2.11. The van der Waals surface area contributed by atoms with E-state index in [0.717, 1.165) is 22.6 Å². The zero-order valence-corrected chi connectivity index (χ0v) is 15.6. The number of rotatable bonds is 6. The Kier molecular flexibility index (Phi) is 6.15. The summed E-state index contributed by atoms with van der Waals surface area (Å²) in [5.74, 6) is 0.580. The van der Waals surface area contributed by atoms with Crippen LogP contribution < -0.4 is 10.0 Å². The number of carbonyl (C=O) groups is 1. The van der Waals surface area contributed by atoms with Gasteiger partial charge in [-0.05, 0) is 36.1 Å². The van der Waals surface area contributed by atoms with Gasteiger partial charge in [0, 0.05) is 10.5 Å². The van der Waals surface area contributed by atoms with Gasteiger partial charge in [-0.15, -0.1) is 11.8 Å². The van der Waals surface area contributed by atoms with E-state index in [4.69, 9.17) is 11.6 Å². The highest BCUT2D eigenvalue weighted by molar-refractivity contribution is 7.99. The molecule has 128 valence electrons. The Bertz CT molecular complexity index is 854. The van der Waals surface area contributed by atoms with Crippen molar-refractivity contribution in [2.24, 2.45) is 0 Å². The molecule has 0 saturated heterocycles. The first kappa shape index (κ1) is 18.6. The molecule has 0 heterocycles. The monoisotopic (exact) mass is 384 g/mol. The fourth-order valence-corrected chi connectivity index (χ4v) is 3.61. The van der Waals surface area contributed by atoms with Gasteiger partial charge in [-0.25, -0.2) is 8.42 Å². The Balaban J connectivity index is 2.20. The highest BCUT2D eigenvalue weighted by Crippen LogP contribution is 2.28. The van der Waals surface area contributed by atoms with Gasteiger partial charge in [0.1, 0.15) is 0 Å². The van der Waals surface area contributed by atoms with Crippen molar-refractivity contribution in [3.63, 3.8) is 0 Å². The van der Waals surface area contributed by atoms with Crippen molar-refractivity contribution in [1.29, 1.82) is 0 Å². The molecule has 2 rings (SSSR count). The van der Waals surface area contributed by atoms with E-state index in [1.54, 1.807) is 11.8 Å². The van der Waals surface area contributed by atoms with Gasteiger partial charge in [0.25, 0.3) is 5.91 Å². The summed E-state index contributed by atoms with van der Waals surface area (Å²) in [7, 11) is -3.43. The van der Waals surface area contributed by atoms with Crippen molar-refractivity contribution in [3.8, 4) is 0 Å². The fourth-order valence-electron chi connectivity index (χ4n) is 1.98. The minimum absolute atomic E-state index is 0.157. The number of anilines is 2. The van der Waals surface area contributed by atoms with E-state index in [9.17, 15) is 13.2 Å². The summed E-state index contributed by atoms with van der Waals surface area (Å²) in [6, 6.07) is 11.9. The summed E-state index contributed by atoms with van der Waals surface area (Å²) in [6.07, 6.45) is 1.03. The normalized spacial score (nSPS) is 11.1. The topological polar surface area (TPSA) is 75.3 Å². The molecule has 0 aromatic heterocycles. The minimum atomic E-state index is -3.43. The van der Waals surface area contributed by atoms with Crippen LogP contribution >= 0.6 is 23.4 Å². The van der Waals surface area contributed by atoms with Crippen LogP contribution in [0.1, 0.15) is 17.3 Å². The predicted molar refractivity (Wildman–Crippen MR) is 101 cm³/mol. The number of amides is 1. The second-order valence-electron chi connectivity index (χ2n) is 4.95. The van der Waals surface area contributed by atoms with E-state index < -0.39 is 10.0 Å². The molecule has 8 heteroatoms. The van der Waals surface area contributed by atoms with Crippen molar-refractivity contribution in [3.05, 3.63) is 53.1 Å². The standard InChI is InChI=1S/C16H17ClN2O3S2/c1-3-23-15-7-5-4-6-14(15)18-16(20)11-8-9-13(12(17)10-11)19-24(2,21)22/h4-10,19H,3H2,1-2H3,(H,18,20). The van der Waals surface area contributed by atoms with Crippen LogP contribution in [0, 0.1) is 0 Å². The van der Waals surface area contributed by atoms with E-state index in [2.05, 4.69) is 10.0 Å². The molecule has 0 unspecified atom stereocenters. The highest BCUT2D eigenvalue weighted by Gasteiger charge is 2.12. The van der Waals surface area contributed by atoms with Gasteiger partial charge < -0.3 is 5.32 Å². The maximum atomic E-state index is 12.4. The van der Waals surface area contributed by atoms with Crippen molar-refractivity contribution in [2.75, 3.05) is 22.0 Å². The van der Waals surface area contributed by atoms with Crippen molar-refractivity contribution in [1.82, 2.24) is 0 Å². The van der Waals surface area contributed by atoms with Gasteiger partial charge in [0.05, 0.1) is 22.7 Å². The van der Waals surface area contributed by atoms with E-state index >= 15 is 0 Å². The lowest BCUT2D eigenvalue weighted by molar-refractivity contribution is 0.102. The SMILES string of the molecule is CCSc1ccccc1NC(=O)c1ccc(NS(C)(=O)=O)c(Cl)c1.